The second kappa shape index (κ2) is 10.8. The molecule has 5 nitrogen and oxygen atoms in total. The summed E-state index contributed by atoms with van der Waals surface area (Å²) in [6, 6.07) is 16.7. The molecule has 2 aromatic carbocycles. The molecule has 2 aromatic rings. The van der Waals surface area contributed by atoms with Crippen LogP contribution >= 0.6 is 0 Å². The van der Waals surface area contributed by atoms with Crippen LogP contribution in [0.25, 0.3) is 6.08 Å². The summed E-state index contributed by atoms with van der Waals surface area (Å²) in [6.45, 7) is 1.99. The van der Waals surface area contributed by atoms with Gasteiger partial charge >= 0.3 is 11.9 Å². The number of carboxylic acid groups (broad SMARTS) is 1. The molecule has 0 saturated carbocycles. The van der Waals surface area contributed by atoms with Crippen molar-refractivity contribution in [2.75, 3.05) is 7.11 Å². The molecule has 0 aliphatic rings. The van der Waals surface area contributed by atoms with E-state index in [1.807, 2.05) is 61.5 Å². The summed E-state index contributed by atoms with van der Waals surface area (Å²) >= 11 is 0. The number of esters is 1. The van der Waals surface area contributed by atoms with Crippen molar-refractivity contribution in [2.45, 2.75) is 19.4 Å². The lowest BCUT2D eigenvalue weighted by Crippen LogP contribution is -2.33. The van der Waals surface area contributed by atoms with Crippen molar-refractivity contribution >= 4 is 18.0 Å². The van der Waals surface area contributed by atoms with Crippen molar-refractivity contribution < 1.29 is 19.4 Å². The third-order valence-corrected chi connectivity index (χ3v) is 3.30. The van der Waals surface area contributed by atoms with Crippen molar-refractivity contribution in [1.29, 1.82) is 0 Å². The van der Waals surface area contributed by atoms with E-state index >= 15 is 0 Å². The molecule has 0 heterocycles. The van der Waals surface area contributed by atoms with Crippen molar-refractivity contribution in [3.05, 3.63) is 77.4 Å². The number of rotatable bonds is 5. The van der Waals surface area contributed by atoms with Crippen molar-refractivity contribution in [3.8, 4) is 0 Å². The highest BCUT2D eigenvalue weighted by Crippen LogP contribution is 2.04. The summed E-state index contributed by atoms with van der Waals surface area (Å²) < 4.78 is 4.52. The highest BCUT2D eigenvalue weighted by atomic mass is 16.5. The van der Waals surface area contributed by atoms with Crippen LogP contribution in [0, 0.1) is 6.92 Å². The molecule has 1 atom stereocenters. The Kier molecular flexibility index (Phi) is 8.68. The molecule has 5 heteroatoms. The van der Waals surface area contributed by atoms with Crippen LogP contribution in [-0.2, 0) is 20.7 Å². The lowest BCUT2D eigenvalue weighted by molar-refractivity contribution is -0.142. The third kappa shape index (κ3) is 8.48. The topological polar surface area (TPSA) is 89.6 Å². The van der Waals surface area contributed by atoms with Crippen LogP contribution in [0.3, 0.4) is 0 Å². The van der Waals surface area contributed by atoms with Crippen LogP contribution in [0.5, 0.6) is 0 Å². The number of carbonyl (C=O) groups is 2. The highest BCUT2D eigenvalue weighted by molar-refractivity contribution is 5.85. The minimum atomic E-state index is -0.921. The van der Waals surface area contributed by atoms with E-state index in [0.29, 0.717) is 6.42 Å². The van der Waals surface area contributed by atoms with Crippen LogP contribution in [0.15, 0.2) is 60.7 Å². The fraction of sp³-hybridized carbons (Fsp3) is 0.200. The van der Waals surface area contributed by atoms with Gasteiger partial charge in [0.05, 0.1) is 7.11 Å². The summed E-state index contributed by atoms with van der Waals surface area (Å²) in [6.07, 6.45) is 3.22. The van der Waals surface area contributed by atoms with E-state index in [-0.39, 0.29) is 5.97 Å². The molecule has 0 aliphatic carbocycles. The number of benzene rings is 2. The largest absolute Gasteiger partial charge is 0.478 e. The molecule has 0 bridgehead atoms. The Morgan fingerprint density at radius 1 is 1.12 bits per heavy atom. The number of hydrogen-bond acceptors (Lipinski definition) is 4. The second-order valence-electron chi connectivity index (χ2n) is 5.40. The quantitative estimate of drug-likeness (QED) is 0.645. The first-order valence-corrected chi connectivity index (χ1v) is 7.77. The van der Waals surface area contributed by atoms with Crippen molar-refractivity contribution in [3.63, 3.8) is 0 Å². The molecule has 0 aromatic heterocycles. The Labute approximate surface area is 147 Å². The predicted molar refractivity (Wildman–Crippen MR) is 98.0 cm³/mol. The van der Waals surface area contributed by atoms with E-state index in [1.54, 1.807) is 6.08 Å². The molecule has 0 radical (unpaired) electrons. The molecule has 3 N–H and O–H groups in total. The number of aryl methyl sites for hydroxylation is 1. The molecule has 0 spiro atoms. The monoisotopic (exact) mass is 341 g/mol. The van der Waals surface area contributed by atoms with Gasteiger partial charge in [-0.1, -0.05) is 60.2 Å². The summed E-state index contributed by atoms with van der Waals surface area (Å²) in [5.74, 6) is -1.29. The Bertz CT molecular complexity index is 693. The molecular weight excluding hydrogens is 318 g/mol. The van der Waals surface area contributed by atoms with Crippen LogP contribution < -0.4 is 5.73 Å². The molecule has 25 heavy (non-hydrogen) atoms. The smallest absolute Gasteiger partial charge is 0.328 e. The van der Waals surface area contributed by atoms with Gasteiger partial charge in [-0.3, -0.25) is 4.79 Å². The van der Waals surface area contributed by atoms with Gasteiger partial charge in [-0.2, -0.15) is 0 Å². The van der Waals surface area contributed by atoms with E-state index in [2.05, 4.69) is 4.74 Å². The van der Waals surface area contributed by atoms with Gasteiger partial charge in [0.25, 0.3) is 0 Å². The van der Waals surface area contributed by atoms with Crippen LogP contribution in [0.2, 0.25) is 0 Å². The molecule has 0 saturated heterocycles. The molecular formula is C20H23NO4. The number of methoxy groups -OCH3 is 1. The van der Waals surface area contributed by atoms with Gasteiger partial charge < -0.3 is 15.6 Å². The maximum atomic E-state index is 11.0. The average molecular weight is 341 g/mol. The van der Waals surface area contributed by atoms with Gasteiger partial charge in [-0.05, 0) is 30.5 Å². The van der Waals surface area contributed by atoms with Crippen molar-refractivity contribution in [1.82, 2.24) is 0 Å². The number of nitrogens with two attached hydrogens (primary N) is 1. The third-order valence-electron chi connectivity index (χ3n) is 3.30. The average Bonchev–Trinajstić information content (AvgIpc) is 2.62. The van der Waals surface area contributed by atoms with E-state index in [0.717, 1.165) is 17.2 Å². The number of carbonyl (C=O) groups excluding carboxylic acids is 1. The maximum absolute atomic E-state index is 11.0. The molecule has 2 rings (SSSR count). The summed E-state index contributed by atoms with van der Waals surface area (Å²) in [4.78, 5) is 21.1. The second-order valence-corrected chi connectivity index (χ2v) is 5.40. The summed E-state index contributed by atoms with van der Waals surface area (Å²) in [7, 11) is 1.34. The highest BCUT2D eigenvalue weighted by Gasteiger charge is 2.13. The fourth-order valence-electron chi connectivity index (χ4n) is 1.95. The first-order valence-electron chi connectivity index (χ1n) is 7.77. The lowest BCUT2D eigenvalue weighted by Gasteiger charge is -2.08. The minimum Gasteiger partial charge on any atom is -0.478 e. The number of carboxylic acids is 1. The SMILES string of the molecule is COC(=O)[C@@H](N)Cc1ccccc1.Cc1ccc(/C=C/C(=O)O)cc1. The molecule has 132 valence electrons. The molecule has 0 amide bonds. The zero-order valence-electron chi connectivity index (χ0n) is 14.4. The number of aliphatic carboxylic acids is 1. The van der Waals surface area contributed by atoms with E-state index in [1.165, 1.54) is 12.7 Å². The Balaban J connectivity index is 0.000000251. The van der Waals surface area contributed by atoms with Crippen molar-refractivity contribution in [2.24, 2.45) is 5.73 Å². The van der Waals surface area contributed by atoms with Crippen LogP contribution in [0.1, 0.15) is 16.7 Å². The van der Waals surface area contributed by atoms with Gasteiger partial charge in [-0.25, -0.2) is 4.79 Å². The van der Waals surface area contributed by atoms with Crippen LogP contribution in [0.4, 0.5) is 0 Å². The Morgan fingerprint density at radius 3 is 2.24 bits per heavy atom. The summed E-state index contributed by atoms with van der Waals surface area (Å²) in [5.41, 5.74) is 8.70. The van der Waals surface area contributed by atoms with Gasteiger partial charge in [0.15, 0.2) is 0 Å². The van der Waals surface area contributed by atoms with E-state index in [4.69, 9.17) is 10.8 Å². The normalized spacial score (nSPS) is 11.3. The van der Waals surface area contributed by atoms with Gasteiger partial charge in [0.2, 0.25) is 0 Å². The van der Waals surface area contributed by atoms with Gasteiger partial charge in [-0.15, -0.1) is 0 Å². The fourth-order valence-corrected chi connectivity index (χ4v) is 1.95. The number of ether oxygens (including phenoxy) is 1. The minimum absolute atomic E-state index is 0.371. The maximum Gasteiger partial charge on any atom is 0.328 e. The molecule has 0 fully saturated rings. The predicted octanol–water partition coefficient (Wildman–Crippen LogP) is 2.82. The zero-order chi connectivity index (χ0) is 18.7. The zero-order valence-corrected chi connectivity index (χ0v) is 14.4. The standard InChI is InChI=1S/C10H13NO2.C10H10O2/c1-13-10(12)9(11)7-8-5-3-2-4-6-8;1-8-2-4-9(5-3-8)6-7-10(11)12/h2-6,9H,7,11H2,1H3;2-7H,1H3,(H,11,12)/b;7-6+/t9-;/m0./s1. The van der Waals surface area contributed by atoms with E-state index < -0.39 is 12.0 Å². The first-order chi connectivity index (χ1) is 11.9. The van der Waals surface area contributed by atoms with Gasteiger partial charge in [0, 0.05) is 6.08 Å². The summed E-state index contributed by atoms with van der Waals surface area (Å²) in [5, 5.41) is 8.34. The Morgan fingerprint density at radius 2 is 1.72 bits per heavy atom. The molecule has 0 unspecified atom stereocenters. The Hall–Kier alpha value is -2.92. The molecule has 0 aliphatic heterocycles. The van der Waals surface area contributed by atoms with E-state index in [9.17, 15) is 9.59 Å². The van der Waals surface area contributed by atoms with Crippen LogP contribution in [-0.4, -0.2) is 30.2 Å². The lowest BCUT2D eigenvalue weighted by atomic mass is 10.1. The van der Waals surface area contributed by atoms with Gasteiger partial charge in [0.1, 0.15) is 6.04 Å². The number of hydrogen-bond donors (Lipinski definition) is 2. The first kappa shape index (κ1) is 20.1.